The number of amides is 1. The van der Waals surface area contributed by atoms with Gasteiger partial charge < -0.3 is 14.8 Å². The topological polar surface area (TPSA) is 60.5 Å². The number of nitrogens with one attached hydrogen (secondary N) is 1. The van der Waals surface area contributed by atoms with Gasteiger partial charge in [-0.2, -0.15) is 0 Å². The van der Waals surface area contributed by atoms with Crippen molar-refractivity contribution < 1.29 is 14.3 Å². The highest BCUT2D eigenvalue weighted by atomic mass is 16.5. The van der Waals surface area contributed by atoms with Crippen LogP contribution < -0.4 is 14.8 Å². The fourth-order valence-corrected chi connectivity index (χ4v) is 3.29. The number of carbonyl (C=O) groups excluding carboxylic acids is 1. The zero-order valence-corrected chi connectivity index (χ0v) is 15.4. The lowest BCUT2D eigenvalue weighted by Crippen LogP contribution is -2.30. The van der Waals surface area contributed by atoms with Crippen LogP contribution in [0, 0.1) is 5.92 Å². The third kappa shape index (κ3) is 3.72. The molecule has 5 nitrogen and oxygen atoms in total. The third-order valence-corrected chi connectivity index (χ3v) is 4.98. The average molecular weight is 362 g/mol. The second-order valence-corrected chi connectivity index (χ2v) is 6.82. The SMILES string of the molecule is COc1ccc(C(NC(=O)c2ccc3cc(OC)ccc3n2)C2CC2)cc1. The van der Waals surface area contributed by atoms with Crippen LogP contribution in [-0.4, -0.2) is 25.1 Å². The molecule has 0 radical (unpaired) electrons. The van der Waals surface area contributed by atoms with Crippen LogP contribution in [-0.2, 0) is 0 Å². The molecule has 27 heavy (non-hydrogen) atoms. The highest BCUT2D eigenvalue weighted by Gasteiger charge is 2.33. The van der Waals surface area contributed by atoms with E-state index in [0.717, 1.165) is 40.8 Å². The van der Waals surface area contributed by atoms with E-state index in [9.17, 15) is 4.79 Å². The fourth-order valence-electron chi connectivity index (χ4n) is 3.29. The lowest BCUT2D eigenvalue weighted by atomic mass is 10.0. The van der Waals surface area contributed by atoms with Crippen molar-refractivity contribution in [2.45, 2.75) is 18.9 Å². The standard InChI is InChI=1S/C22H22N2O3/c1-26-17-8-5-15(6-9-17)21(14-3-4-14)24-22(25)20-11-7-16-13-18(27-2)10-12-19(16)23-20/h5-14,21H,3-4H2,1-2H3,(H,24,25). The van der Waals surface area contributed by atoms with Gasteiger partial charge >= 0.3 is 0 Å². The van der Waals surface area contributed by atoms with Crippen molar-refractivity contribution in [3.63, 3.8) is 0 Å². The number of pyridine rings is 1. The summed E-state index contributed by atoms with van der Waals surface area (Å²) in [5.41, 5.74) is 2.29. The van der Waals surface area contributed by atoms with Gasteiger partial charge in [0.1, 0.15) is 17.2 Å². The first-order valence-electron chi connectivity index (χ1n) is 9.07. The van der Waals surface area contributed by atoms with Crippen LogP contribution in [0.5, 0.6) is 11.5 Å². The zero-order chi connectivity index (χ0) is 18.8. The molecule has 0 aliphatic heterocycles. The predicted molar refractivity (Wildman–Crippen MR) is 104 cm³/mol. The Balaban J connectivity index is 1.56. The van der Waals surface area contributed by atoms with Crippen LogP contribution in [0.1, 0.15) is 34.9 Å². The lowest BCUT2D eigenvalue weighted by molar-refractivity contribution is 0.0927. The Hall–Kier alpha value is -3.08. The molecule has 0 spiro atoms. The number of hydrogen-bond donors (Lipinski definition) is 1. The van der Waals surface area contributed by atoms with Gasteiger partial charge in [0, 0.05) is 5.39 Å². The Morgan fingerprint density at radius 1 is 1.00 bits per heavy atom. The molecule has 3 aromatic rings. The molecule has 138 valence electrons. The van der Waals surface area contributed by atoms with Gasteiger partial charge in [-0.1, -0.05) is 18.2 Å². The largest absolute Gasteiger partial charge is 0.497 e. The van der Waals surface area contributed by atoms with Gasteiger partial charge in [0.05, 0.1) is 25.8 Å². The predicted octanol–water partition coefficient (Wildman–Crippen LogP) is 4.13. The normalized spacial score (nSPS) is 14.6. The van der Waals surface area contributed by atoms with Crippen LogP contribution in [0.4, 0.5) is 0 Å². The van der Waals surface area contributed by atoms with Gasteiger partial charge in [-0.3, -0.25) is 4.79 Å². The third-order valence-electron chi connectivity index (χ3n) is 4.98. The lowest BCUT2D eigenvalue weighted by Gasteiger charge is -2.19. The second kappa shape index (κ2) is 7.27. The number of fused-ring (bicyclic) bond motifs is 1. The molecule has 1 aromatic heterocycles. The van der Waals surface area contributed by atoms with Crippen molar-refractivity contribution in [2.75, 3.05) is 14.2 Å². The van der Waals surface area contributed by atoms with Gasteiger partial charge in [0.25, 0.3) is 5.91 Å². The van der Waals surface area contributed by atoms with Gasteiger partial charge in [0.2, 0.25) is 0 Å². The second-order valence-electron chi connectivity index (χ2n) is 6.82. The zero-order valence-electron chi connectivity index (χ0n) is 15.4. The summed E-state index contributed by atoms with van der Waals surface area (Å²) in [7, 11) is 3.28. The molecular weight excluding hydrogens is 340 g/mol. The van der Waals surface area contributed by atoms with Crippen molar-refractivity contribution in [3.05, 3.63) is 65.9 Å². The minimum atomic E-state index is -0.152. The molecule has 1 aliphatic rings. The van der Waals surface area contributed by atoms with E-state index in [1.165, 1.54) is 0 Å². The van der Waals surface area contributed by atoms with Crippen molar-refractivity contribution in [2.24, 2.45) is 5.92 Å². The van der Waals surface area contributed by atoms with Gasteiger partial charge in [-0.05, 0) is 60.7 Å². The first kappa shape index (κ1) is 17.3. The van der Waals surface area contributed by atoms with Crippen LogP contribution >= 0.6 is 0 Å². The van der Waals surface area contributed by atoms with Crippen molar-refractivity contribution >= 4 is 16.8 Å². The monoisotopic (exact) mass is 362 g/mol. The summed E-state index contributed by atoms with van der Waals surface area (Å²) in [4.78, 5) is 17.3. The van der Waals surface area contributed by atoms with E-state index >= 15 is 0 Å². The highest BCUT2D eigenvalue weighted by molar-refractivity contribution is 5.95. The Labute approximate surface area is 158 Å². The summed E-state index contributed by atoms with van der Waals surface area (Å²) in [5.74, 6) is 1.91. The fraction of sp³-hybridized carbons (Fsp3) is 0.273. The molecule has 1 aliphatic carbocycles. The first-order chi connectivity index (χ1) is 13.2. The summed E-state index contributed by atoms with van der Waals surface area (Å²) < 4.78 is 10.5. The maximum Gasteiger partial charge on any atom is 0.270 e. The van der Waals surface area contributed by atoms with Gasteiger partial charge in [-0.25, -0.2) is 4.98 Å². The molecule has 1 amide bonds. The maximum absolute atomic E-state index is 12.8. The van der Waals surface area contributed by atoms with Crippen LogP contribution in [0.3, 0.4) is 0 Å². The van der Waals surface area contributed by atoms with E-state index in [-0.39, 0.29) is 11.9 Å². The molecule has 0 saturated heterocycles. The maximum atomic E-state index is 12.8. The van der Waals surface area contributed by atoms with E-state index in [4.69, 9.17) is 9.47 Å². The number of carbonyl (C=O) groups is 1. The number of nitrogens with zero attached hydrogens (tertiary/aromatic N) is 1. The van der Waals surface area contributed by atoms with Crippen LogP contribution in [0.25, 0.3) is 10.9 Å². The molecule has 4 rings (SSSR count). The van der Waals surface area contributed by atoms with Gasteiger partial charge in [-0.15, -0.1) is 0 Å². The number of ether oxygens (including phenoxy) is 2. The number of aromatic nitrogens is 1. The molecule has 2 aromatic carbocycles. The Kier molecular flexibility index (Phi) is 4.67. The molecule has 1 saturated carbocycles. The molecule has 1 atom stereocenters. The molecule has 5 heteroatoms. The Bertz CT molecular complexity index is 965. The van der Waals surface area contributed by atoms with E-state index in [0.29, 0.717) is 11.6 Å². The summed E-state index contributed by atoms with van der Waals surface area (Å²) in [6.07, 6.45) is 2.25. The summed E-state index contributed by atoms with van der Waals surface area (Å²) in [5, 5.41) is 4.11. The molecule has 0 bridgehead atoms. The van der Waals surface area contributed by atoms with Crippen molar-refractivity contribution in [1.29, 1.82) is 0 Å². The smallest absolute Gasteiger partial charge is 0.270 e. The minimum Gasteiger partial charge on any atom is -0.497 e. The number of methoxy groups -OCH3 is 2. The molecular formula is C22H22N2O3. The molecule has 1 unspecified atom stereocenters. The van der Waals surface area contributed by atoms with Crippen molar-refractivity contribution in [3.8, 4) is 11.5 Å². The molecule has 1 N–H and O–H groups in total. The van der Waals surface area contributed by atoms with E-state index in [1.54, 1.807) is 20.3 Å². The first-order valence-corrected chi connectivity index (χ1v) is 9.07. The summed E-state index contributed by atoms with van der Waals surface area (Å²) in [6, 6.07) is 17.2. The Morgan fingerprint density at radius 2 is 1.70 bits per heavy atom. The van der Waals surface area contributed by atoms with E-state index < -0.39 is 0 Å². The average Bonchev–Trinajstić information content (AvgIpc) is 3.56. The van der Waals surface area contributed by atoms with E-state index in [1.807, 2.05) is 48.5 Å². The number of rotatable bonds is 6. The summed E-state index contributed by atoms with van der Waals surface area (Å²) >= 11 is 0. The van der Waals surface area contributed by atoms with Gasteiger partial charge in [0.15, 0.2) is 0 Å². The van der Waals surface area contributed by atoms with E-state index in [2.05, 4.69) is 10.3 Å². The Morgan fingerprint density at radius 3 is 2.37 bits per heavy atom. The molecule has 1 heterocycles. The molecule has 1 fully saturated rings. The summed E-state index contributed by atoms with van der Waals surface area (Å²) in [6.45, 7) is 0. The van der Waals surface area contributed by atoms with Crippen molar-refractivity contribution in [1.82, 2.24) is 10.3 Å². The highest BCUT2D eigenvalue weighted by Crippen LogP contribution is 2.41. The van der Waals surface area contributed by atoms with Crippen LogP contribution in [0.15, 0.2) is 54.6 Å². The number of hydrogen-bond acceptors (Lipinski definition) is 4. The minimum absolute atomic E-state index is 0.00299. The van der Waals surface area contributed by atoms with Crippen LogP contribution in [0.2, 0.25) is 0 Å². The quantitative estimate of drug-likeness (QED) is 0.716. The number of benzene rings is 2.